The lowest BCUT2D eigenvalue weighted by Gasteiger charge is -2.23. The summed E-state index contributed by atoms with van der Waals surface area (Å²) >= 11 is 0. The van der Waals surface area contributed by atoms with Crippen LogP contribution in [0.2, 0.25) is 0 Å². The van der Waals surface area contributed by atoms with E-state index in [1.165, 1.54) is 0 Å². The van der Waals surface area contributed by atoms with Gasteiger partial charge in [-0.15, -0.1) is 0 Å². The van der Waals surface area contributed by atoms with Crippen molar-refractivity contribution in [2.24, 2.45) is 0 Å². The molecular weight excluding hydrogens is 275 g/mol. The molecule has 1 unspecified atom stereocenters. The van der Waals surface area contributed by atoms with Crippen LogP contribution in [0.15, 0.2) is 30.3 Å². The zero-order valence-electron chi connectivity index (χ0n) is 12.3. The monoisotopic (exact) mass is 293 g/mol. The summed E-state index contributed by atoms with van der Waals surface area (Å²) in [5, 5.41) is 3.16. The van der Waals surface area contributed by atoms with Crippen LogP contribution in [0.4, 0.5) is 13.2 Å². The molecule has 1 atom stereocenters. The van der Waals surface area contributed by atoms with E-state index in [0.29, 0.717) is 12.6 Å². The van der Waals surface area contributed by atoms with E-state index in [1.807, 2.05) is 39.0 Å². The van der Waals surface area contributed by atoms with Crippen LogP contribution < -0.4 is 5.32 Å². The van der Waals surface area contributed by atoms with Gasteiger partial charge in [0.05, 0.1) is 6.04 Å². The van der Waals surface area contributed by atoms with E-state index < -0.39 is 23.5 Å². The maximum atomic E-state index is 14.1. The molecule has 0 aromatic heterocycles. The van der Waals surface area contributed by atoms with Crippen LogP contribution in [0.3, 0.4) is 0 Å². The Labute approximate surface area is 122 Å². The minimum Gasteiger partial charge on any atom is -0.306 e. The zero-order chi connectivity index (χ0) is 15.6. The van der Waals surface area contributed by atoms with E-state index in [9.17, 15) is 13.2 Å². The van der Waals surface area contributed by atoms with Gasteiger partial charge in [-0.25, -0.2) is 13.2 Å². The molecule has 0 spiro atoms. The molecule has 0 bridgehead atoms. The van der Waals surface area contributed by atoms with E-state index in [1.54, 1.807) is 0 Å². The summed E-state index contributed by atoms with van der Waals surface area (Å²) in [4.78, 5) is 0. The first-order valence-electron chi connectivity index (χ1n) is 6.89. The van der Waals surface area contributed by atoms with Gasteiger partial charge < -0.3 is 5.32 Å². The lowest BCUT2D eigenvalue weighted by Crippen LogP contribution is -2.25. The summed E-state index contributed by atoms with van der Waals surface area (Å²) in [6.45, 7) is 6.31. The van der Waals surface area contributed by atoms with Gasteiger partial charge in [-0.05, 0) is 43.1 Å². The summed E-state index contributed by atoms with van der Waals surface area (Å²) in [5.41, 5.74) is 2.97. The lowest BCUT2D eigenvalue weighted by atomic mass is 9.91. The Morgan fingerprint density at radius 1 is 0.952 bits per heavy atom. The first-order valence-corrected chi connectivity index (χ1v) is 6.89. The topological polar surface area (TPSA) is 12.0 Å². The van der Waals surface area contributed by atoms with E-state index >= 15 is 0 Å². The number of rotatable bonds is 4. The fraction of sp³-hybridized carbons (Fsp3) is 0.294. The Morgan fingerprint density at radius 2 is 1.52 bits per heavy atom. The number of hydrogen-bond donors (Lipinski definition) is 1. The average molecular weight is 293 g/mol. The number of halogens is 3. The van der Waals surface area contributed by atoms with E-state index in [2.05, 4.69) is 5.32 Å². The smallest absolute Gasteiger partial charge is 0.161 e. The number of benzene rings is 2. The summed E-state index contributed by atoms with van der Waals surface area (Å²) in [5.74, 6) is -2.96. The second-order valence-electron chi connectivity index (χ2n) is 5.08. The number of hydrogen-bond acceptors (Lipinski definition) is 1. The second kappa shape index (κ2) is 6.31. The molecule has 0 heterocycles. The lowest BCUT2D eigenvalue weighted by molar-refractivity contribution is 0.480. The maximum Gasteiger partial charge on any atom is 0.161 e. The molecule has 1 N–H and O–H groups in total. The van der Waals surface area contributed by atoms with Crippen LogP contribution in [-0.2, 0) is 0 Å². The number of aryl methyl sites for hydroxylation is 2. The van der Waals surface area contributed by atoms with Gasteiger partial charge in [-0.2, -0.15) is 0 Å². The maximum absolute atomic E-state index is 14.1. The van der Waals surface area contributed by atoms with Crippen LogP contribution in [0.5, 0.6) is 0 Å². The van der Waals surface area contributed by atoms with Crippen molar-refractivity contribution in [1.29, 1.82) is 0 Å². The van der Waals surface area contributed by atoms with Gasteiger partial charge in [0.2, 0.25) is 0 Å². The van der Waals surface area contributed by atoms with Gasteiger partial charge >= 0.3 is 0 Å². The Hall–Kier alpha value is -1.81. The highest BCUT2D eigenvalue weighted by atomic mass is 19.2. The quantitative estimate of drug-likeness (QED) is 0.823. The normalized spacial score (nSPS) is 12.5. The van der Waals surface area contributed by atoms with E-state index in [0.717, 1.165) is 22.8 Å². The van der Waals surface area contributed by atoms with Crippen molar-refractivity contribution >= 4 is 0 Å². The second-order valence-corrected chi connectivity index (χ2v) is 5.08. The highest BCUT2D eigenvalue weighted by molar-refractivity contribution is 5.42. The fourth-order valence-corrected chi connectivity index (χ4v) is 2.61. The summed E-state index contributed by atoms with van der Waals surface area (Å²) < 4.78 is 40.7. The molecule has 4 heteroatoms. The molecule has 2 rings (SSSR count). The molecule has 2 aromatic rings. The molecule has 0 saturated carbocycles. The van der Waals surface area contributed by atoms with E-state index in [-0.39, 0.29) is 5.56 Å². The fourth-order valence-electron chi connectivity index (χ4n) is 2.61. The Morgan fingerprint density at radius 3 is 2.10 bits per heavy atom. The van der Waals surface area contributed by atoms with Crippen molar-refractivity contribution in [2.75, 3.05) is 6.54 Å². The number of nitrogens with one attached hydrogen (secondary N) is 1. The largest absolute Gasteiger partial charge is 0.306 e. The highest BCUT2D eigenvalue weighted by Crippen LogP contribution is 2.30. The van der Waals surface area contributed by atoms with Crippen LogP contribution in [0, 0.1) is 31.3 Å². The Kier molecular flexibility index (Phi) is 4.68. The molecule has 0 aliphatic carbocycles. The Bertz CT molecular complexity index is 632. The molecule has 0 saturated heterocycles. The first kappa shape index (κ1) is 15.6. The van der Waals surface area contributed by atoms with Crippen LogP contribution in [0.1, 0.15) is 35.2 Å². The average Bonchev–Trinajstić information content (AvgIpc) is 2.42. The van der Waals surface area contributed by atoms with Gasteiger partial charge in [0.25, 0.3) is 0 Å². The van der Waals surface area contributed by atoms with E-state index in [4.69, 9.17) is 0 Å². The minimum atomic E-state index is -1.17. The molecule has 0 radical (unpaired) electrons. The van der Waals surface area contributed by atoms with Crippen LogP contribution >= 0.6 is 0 Å². The van der Waals surface area contributed by atoms with Crippen molar-refractivity contribution in [3.8, 4) is 0 Å². The predicted molar refractivity (Wildman–Crippen MR) is 77.8 cm³/mol. The van der Waals surface area contributed by atoms with Gasteiger partial charge in [0.1, 0.15) is 5.82 Å². The standard InChI is InChI=1S/C17H18F3N/c1-4-21-17(16-10(2)6-5-7-11(16)3)12-8-14(19)15(20)9-13(12)18/h5-9,17,21H,4H2,1-3H3. The first-order chi connectivity index (χ1) is 9.95. The molecule has 0 fully saturated rings. The predicted octanol–water partition coefficient (Wildman–Crippen LogP) is 4.42. The summed E-state index contributed by atoms with van der Waals surface area (Å²) in [6.07, 6.45) is 0. The summed E-state index contributed by atoms with van der Waals surface area (Å²) in [6, 6.07) is 6.78. The molecule has 0 amide bonds. The molecule has 0 aliphatic heterocycles. The minimum absolute atomic E-state index is 0.119. The molecule has 2 aromatic carbocycles. The third-order valence-corrected chi connectivity index (χ3v) is 3.59. The van der Waals surface area contributed by atoms with Gasteiger partial charge in [0, 0.05) is 11.6 Å². The van der Waals surface area contributed by atoms with Gasteiger partial charge in [0.15, 0.2) is 11.6 Å². The molecule has 21 heavy (non-hydrogen) atoms. The van der Waals surface area contributed by atoms with Crippen LogP contribution in [-0.4, -0.2) is 6.54 Å². The Balaban J connectivity index is 2.62. The highest BCUT2D eigenvalue weighted by Gasteiger charge is 2.22. The van der Waals surface area contributed by atoms with Crippen molar-refractivity contribution in [2.45, 2.75) is 26.8 Å². The van der Waals surface area contributed by atoms with Crippen molar-refractivity contribution in [1.82, 2.24) is 5.32 Å². The zero-order valence-corrected chi connectivity index (χ0v) is 12.3. The third kappa shape index (κ3) is 3.10. The molecule has 0 aliphatic rings. The summed E-state index contributed by atoms with van der Waals surface area (Å²) in [7, 11) is 0. The molecule has 1 nitrogen and oxygen atoms in total. The molecular formula is C17H18F3N. The SMILES string of the molecule is CCNC(c1cc(F)c(F)cc1F)c1c(C)cccc1C. The molecule has 112 valence electrons. The van der Waals surface area contributed by atoms with Gasteiger partial charge in [-0.1, -0.05) is 25.1 Å². The third-order valence-electron chi connectivity index (χ3n) is 3.59. The van der Waals surface area contributed by atoms with Gasteiger partial charge in [-0.3, -0.25) is 0 Å². The van der Waals surface area contributed by atoms with Crippen molar-refractivity contribution < 1.29 is 13.2 Å². The van der Waals surface area contributed by atoms with Crippen LogP contribution in [0.25, 0.3) is 0 Å². The van der Waals surface area contributed by atoms with Crippen molar-refractivity contribution in [3.05, 3.63) is 70.0 Å². The van der Waals surface area contributed by atoms with Crippen molar-refractivity contribution in [3.63, 3.8) is 0 Å².